The van der Waals surface area contributed by atoms with E-state index in [1.807, 2.05) is 6.92 Å². The van der Waals surface area contributed by atoms with E-state index in [1.54, 1.807) is 25.3 Å². The molecule has 232 valence electrons. The first-order valence-electron chi connectivity index (χ1n) is 14.4. The molecular weight excluding hydrogens is 573 g/mol. The number of rotatable bonds is 8. The standard InChI is InChI=1S/C29H34F5N7O2/c1-4-40-23(7-10-36-40)27(43)38-25(17-5-8-28(30,31)9-6-17)22-15-41-24(37-22)13-20(16(2)3)21(39-41)12-18-11-19(29(32,33)34)14-35-26(18)42/h7,10,13,15,17-19,25H,2,4-6,8-9,11-12,14H2,1,3H3,(H,35,42)(H,38,43)/t18?,19-,25+/m1/s1. The Hall–Kier alpha value is -3.84. The average molecular weight is 608 g/mol. The Morgan fingerprint density at radius 1 is 1.28 bits per heavy atom. The lowest BCUT2D eigenvalue weighted by atomic mass is 9.81. The number of aromatic nitrogens is 5. The SMILES string of the molecule is C=C(C)c1cc2nc([C@@H](NC(=O)c3ccnn3CC)C3CCC(F)(F)CC3)cn2nc1CC1C[C@@H](C(F)(F)F)CNC1=O. The first-order chi connectivity index (χ1) is 20.3. The molecule has 1 unspecified atom stereocenters. The molecule has 1 aliphatic heterocycles. The topological polar surface area (TPSA) is 106 Å². The van der Waals surface area contributed by atoms with Crippen molar-refractivity contribution in [2.24, 2.45) is 17.8 Å². The molecule has 9 nitrogen and oxygen atoms in total. The van der Waals surface area contributed by atoms with Gasteiger partial charge in [-0.05, 0) is 56.7 Å². The minimum atomic E-state index is -4.43. The molecular formula is C29H34F5N7O2. The first-order valence-corrected chi connectivity index (χ1v) is 14.4. The van der Waals surface area contributed by atoms with E-state index >= 15 is 0 Å². The molecule has 2 N–H and O–H groups in total. The second-order valence-corrected chi connectivity index (χ2v) is 11.6. The molecule has 1 saturated carbocycles. The molecule has 5 rings (SSSR count). The number of imidazole rings is 1. The van der Waals surface area contributed by atoms with Gasteiger partial charge in [-0.2, -0.15) is 23.4 Å². The maximum atomic E-state index is 14.0. The summed E-state index contributed by atoms with van der Waals surface area (Å²) in [6.45, 7) is 7.55. The van der Waals surface area contributed by atoms with Crippen LogP contribution in [-0.2, 0) is 17.8 Å². The average Bonchev–Trinajstić information content (AvgIpc) is 3.58. The largest absolute Gasteiger partial charge is 0.393 e. The predicted molar refractivity (Wildman–Crippen MR) is 147 cm³/mol. The van der Waals surface area contributed by atoms with E-state index in [9.17, 15) is 31.5 Å². The van der Waals surface area contributed by atoms with Crippen molar-refractivity contribution < 1.29 is 31.5 Å². The number of piperidine rings is 1. The van der Waals surface area contributed by atoms with E-state index in [4.69, 9.17) is 4.98 Å². The molecule has 43 heavy (non-hydrogen) atoms. The van der Waals surface area contributed by atoms with E-state index < -0.39 is 48.3 Å². The Morgan fingerprint density at radius 3 is 2.65 bits per heavy atom. The van der Waals surface area contributed by atoms with Gasteiger partial charge >= 0.3 is 6.18 Å². The van der Waals surface area contributed by atoms with Crippen molar-refractivity contribution >= 4 is 23.0 Å². The number of fused-ring (bicyclic) bond motifs is 1. The highest BCUT2D eigenvalue weighted by molar-refractivity contribution is 5.92. The molecule has 2 fully saturated rings. The van der Waals surface area contributed by atoms with E-state index in [1.165, 1.54) is 15.4 Å². The first kappa shape index (κ1) is 30.6. The lowest BCUT2D eigenvalue weighted by molar-refractivity contribution is -0.183. The van der Waals surface area contributed by atoms with Crippen LogP contribution in [0, 0.1) is 17.8 Å². The molecule has 0 spiro atoms. The lowest BCUT2D eigenvalue weighted by Gasteiger charge is -2.33. The summed E-state index contributed by atoms with van der Waals surface area (Å²) in [5, 5.41) is 14.1. The van der Waals surface area contributed by atoms with Crippen LogP contribution in [0.2, 0.25) is 0 Å². The van der Waals surface area contributed by atoms with Crippen LogP contribution in [0.1, 0.15) is 79.4 Å². The molecule has 0 radical (unpaired) electrons. The van der Waals surface area contributed by atoms with Crippen molar-refractivity contribution in [1.82, 2.24) is 35.0 Å². The second kappa shape index (κ2) is 11.7. The summed E-state index contributed by atoms with van der Waals surface area (Å²) in [6.07, 6.45) is -2.00. The van der Waals surface area contributed by atoms with Crippen molar-refractivity contribution in [3.63, 3.8) is 0 Å². The highest BCUT2D eigenvalue weighted by Gasteiger charge is 2.45. The zero-order chi connectivity index (χ0) is 31.1. The molecule has 3 aromatic rings. The number of hydrogen-bond donors (Lipinski definition) is 2. The summed E-state index contributed by atoms with van der Waals surface area (Å²) in [5.41, 5.74) is 2.65. The molecule has 3 aromatic heterocycles. The highest BCUT2D eigenvalue weighted by atomic mass is 19.4. The predicted octanol–water partition coefficient (Wildman–Crippen LogP) is 5.13. The fourth-order valence-electron chi connectivity index (χ4n) is 6.03. The molecule has 2 aliphatic rings. The lowest BCUT2D eigenvalue weighted by Crippen LogP contribution is -2.47. The van der Waals surface area contributed by atoms with Gasteiger partial charge in [-0.3, -0.25) is 14.3 Å². The van der Waals surface area contributed by atoms with E-state index in [2.05, 4.69) is 27.4 Å². The second-order valence-electron chi connectivity index (χ2n) is 11.6. The van der Waals surface area contributed by atoms with E-state index in [0.29, 0.717) is 40.4 Å². The molecule has 1 aliphatic carbocycles. The van der Waals surface area contributed by atoms with Crippen LogP contribution in [0.25, 0.3) is 11.2 Å². The van der Waals surface area contributed by atoms with Crippen molar-refractivity contribution in [3.8, 4) is 0 Å². The van der Waals surface area contributed by atoms with Gasteiger partial charge in [0.15, 0.2) is 5.65 Å². The molecule has 0 bridgehead atoms. The van der Waals surface area contributed by atoms with Crippen LogP contribution < -0.4 is 10.6 Å². The summed E-state index contributed by atoms with van der Waals surface area (Å²) in [5.74, 6) is -6.57. The summed E-state index contributed by atoms with van der Waals surface area (Å²) in [7, 11) is 0. The van der Waals surface area contributed by atoms with Crippen LogP contribution in [0.5, 0.6) is 0 Å². The van der Waals surface area contributed by atoms with Gasteiger partial charge in [-0.25, -0.2) is 18.3 Å². The summed E-state index contributed by atoms with van der Waals surface area (Å²) in [6, 6.07) is 2.56. The van der Waals surface area contributed by atoms with Gasteiger partial charge in [-0.15, -0.1) is 0 Å². The molecule has 3 atom stereocenters. The molecule has 0 aromatic carbocycles. The molecule has 14 heteroatoms. The van der Waals surface area contributed by atoms with Crippen LogP contribution in [0.4, 0.5) is 22.0 Å². The fourth-order valence-corrected chi connectivity index (χ4v) is 6.03. The maximum Gasteiger partial charge on any atom is 0.393 e. The van der Waals surface area contributed by atoms with Crippen LogP contribution >= 0.6 is 0 Å². The molecule has 2 amide bonds. The summed E-state index contributed by atoms with van der Waals surface area (Å²) >= 11 is 0. The Balaban J connectivity index is 1.48. The van der Waals surface area contributed by atoms with Crippen molar-refractivity contribution in [2.75, 3.05) is 6.54 Å². The third-order valence-corrected chi connectivity index (χ3v) is 8.46. The van der Waals surface area contributed by atoms with Gasteiger partial charge in [0.2, 0.25) is 11.8 Å². The number of hydrogen-bond acceptors (Lipinski definition) is 5. The Kier molecular flexibility index (Phi) is 8.32. The van der Waals surface area contributed by atoms with Gasteiger partial charge in [0.25, 0.3) is 5.91 Å². The molecule has 1 saturated heterocycles. The van der Waals surface area contributed by atoms with Gasteiger partial charge in [-0.1, -0.05) is 6.58 Å². The van der Waals surface area contributed by atoms with Crippen LogP contribution in [0.3, 0.4) is 0 Å². The number of carbonyl (C=O) groups excluding carboxylic acids is 2. The quantitative estimate of drug-likeness (QED) is 0.346. The van der Waals surface area contributed by atoms with Gasteiger partial charge in [0, 0.05) is 50.0 Å². The molecule has 4 heterocycles. The minimum Gasteiger partial charge on any atom is -0.355 e. The van der Waals surface area contributed by atoms with Crippen molar-refractivity contribution in [2.45, 2.75) is 77.1 Å². The Morgan fingerprint density at radius 2 is 2.00 bits per heavy atom. The normalized spacial score (nSPS) is 21.9. The number of allylic oxidation sites excluding steroid dienone is 1. The number of nitrogens with one attached hydrogen (secondary N) is 2. The number of aryl methyl sites for hydroxylation is 1. The number of amides is 2. The highest BCUT2D eigenvalue weighted by Crippen LogP contribution is 2.41. The number of nitrogens with zero attached hydrogens (tertiary/aromatic N) is 5. The van der Waals surface area contributed by atoms with Crippen LogP contribution in [-0.4, -0.2) is 54.8 Å². The van der Waals surface area contributed by atoms with Gasteiger partial charge < -0.3 is 10.6 Å². The van der Waals surface area contributed by atoms with Crippen molar-refractivity contribution in [1.29, 1.82) is 0 Å². The zero-order valence-electron chi connectivity index (χ0n) is 23.9. The maximum absolute atomic E-state index is 14.0. The fraction of sp³-hybridized carbons (Fsp3) is 0.552. The van der Waals surface area contributed by atoms with Crippen LogP contribution in [0.15, 0.2) is 31.1 Å². The smallest absolute Gasteiger partial charge is 0.355 e. The zero-order valence-corrected chi connectivity index (χ0v) is 23.9. The van der Waals surface area contributed by atoms with E-state index in [0.717, 1.165) is 0 Å². The minimum absolute atomic E-state index is 0.0388. The number of alkyl halides is 5. The third kappa shape index (κ3) is 6.57. The third-order valence-electron chi connectivity index (χ3n) is 8.46. The monoisotopic (exact) mass is 607 g/mol. The van der Waals surface area contributed by atoms with Gasteiger partial charge in [0.1, 0.15) is 5.69 Å². The summed E-state index contributed by atoms with van der Waals surface area (Å²) < 4.78 is 71.3. The van der Waals surface area contributed by atoms with Gasteiger partial charge in [0.05, 0.1) is 29.5 Å². The Labute approximate surface area is 244 Å². The number of carbonyl (C=O) groups is 2. The Bertz CT molecular complexity index is 1520. The van der Waals surface area contributed by atoms with E-state index in [-0.39, 0.29) is 44.4 Å². The number of halogens is 5. The summed E-state index contributed by atoms with van der Waals surface area (Å²) in [4.78, 5) is 30.5. The van der Waals surface area contributed by atoms with Crippen molar-refractivity contribution in [3.05, 3.63) is 53.8 Å².